The molecule has 7 heteroatoms. The van der Waals surface area contributed by atoms with Crippen molar-refractivity contribution >= 4 is 16.7 Å². The molecule has 7 atom stereocenters. The van der Waals surface area contributed by atoms with Gasteiger partial charge in [0, 0.05) is 46.0 Å². The normalized spacial score (nSPS) is 41.0. The number of aromatic amines is 1. The molecule has 1 aromatic carbocycles. The van der Waals surface area contributed by atoms with Crippen LogP contribution in [0, 0.1) is 11.3 Å². The number of carbonyl (C=O) groups is 1. The predicted octanol–water partition coefficient (Wildman–Crippen LogP) is 4.66. The third-order valence-corrected chi connectivity index (χ3v) is 11.9. The molecule has 2 aliphatic heterocycles. The van der Waals surface area contributed by atoms with Crippen molar-refractivity contribution in [2.24, 2.45) is 11.3 Å². The Kier molecular flexibility index (Phi) is 5.71. The lowest BCUT2D eigenvalue weighted by Gasteiger charge is -2.67. The Morgan fingerprint density at radius 3 is 2.62 bits per heavy atom. The van der Waals surface area contributed by atoms with Gasteiger partial charge in [-0.3, -0.25) is 4.79 Å². The summed E-state index contributed by atoms with van der Waals surface area (Å²) >= 11 is 0. The van der Waals surface area contributed by atoms with Gasteiger partial charge in [-0.05, 0) is 69.8 Å². The fourth-order valence-corrected chi connectivity index (χ4v) is 9.45. The molecule has 3 heterocycles. The number of nitrogens with zero attached hydrogens (tertiary/aromatic N) is 1. The van der Waals surface area contributed by atoms with Gasteiger partial charge in [-0.15, -0.1) is 0 Å². The first kappa shape index (κ1) is 26.8. The number of hydrogen-bond donors (Lipinski definition) is 2. The van der Waals surface area contributed by atoms with Crippen molar-refractivity contribution in [3.63, 3.8) is 0 Å². The van der Waals surface area contributed by atoms with E-state index in [9.17, 15) is 9.90 Å². The van der Waals surface area contributed by atoms with Gasteiger partial charge in [0.25, 0.3) is 0 Å². The maximum absolute atomic E-state index is 13.5. The van der Waals surface area contributed by atoms with E-state index in [1.807, 2.05) is 13.8 Å². The lowest BCUT2D eigenvalue weighted by Crippen LogP contribution is -2.74. The van der Waals surface area contributed by atoms with Gasteiger partial charge in [-0.1, -0.05) is 45.9 Å². The molecule has 5 aliphatic rings. The van der Waals surface area contributed by atoms with Crippen molar-refractivity contribution < 1.29 is 24.1 Å². The minimum atomic E-state index is -1.44. The van der Waals surface area contributed by atoms with Gasteiger partial charge < -0.3 is 29.2 Å². The average molecular weight is 549 g/mol. The van der Waals surface area contributed by atoms with Crippen LogP contribution in [0.4, 0.5) is 0 Å². The smallest absolute Gasteiger partial charge is 0.195 e. The zero-order valence-corrected chi connectivity index (χ0v) is 24.8. The van der Waals surface area contributed by atoms with Crippen LogP contribution in [0.1, 0.15) is 72.1 Å². The van der Waals surface area contributed by atoms with Gasteiger partial charge in [0.15, 0.2) is 17.7 Å². The maximum atomic E-state index is 13.5. The van der Waals surface area contributed by atoms with E-state index in [1.165, 1.54) is 16.6 Å². The topological polar surface area (TPSA) is 84.0 Å². The quantitative estimate of drug-likeness (QED) is 0.547. The van der Waals surface area contributed by atoms with Crippen LogP contribution in [0.2, 0.25) is 0 Å². The molecule has 0 radical (unpaired) electrons. The Bertz CT molecular complexity index is 1410. The summed E-state index contributed by atoms with van der Waals surface area (Å²) < 4.78 is 19.9. The first-order valence-electron chi connectivity index (χ1n) is 15.3. The molecule has 2 aromatic rings. The second kappa shape index (κ2) is 8.51. The van der Waals surface area contributed by atoms with Crippen LogP contribution in [0.3, 0.4) is 0 Å². The molecule has 2 saturated carbocycles. The summed E-state index contributed by atoms with van der Waals surface area (Å²) in [6.45, 7) is 15.9. The van der Waals surface area contributed by atoms with Crippen LogP contribution < -0.4 is 0 Å². The molecule has 2 bridgehead atoms. The zero-order chi connectivity index (χ0) is 28.3. The lowest BCUT2D eigenvalue weighted by atomic mass is 9.41. The highest BCUT2D eigenvalue weighted by Crippen LogP contribution is 2.72. The predicted molar refractivity (Wildman–Crippen MR) is 153 cm³/mol. The molecule has 1 aromatic heterocycles. The number of hydrogen-bond acceptors (Lipinski definition) is 6. The first-order chi connectivity index (χ1) is 18.9. The number of rotatable bonds is 6. The van der Waals surface area contributed by atoms with Gasteiger partial charge in [0.1, 0.15) is 11.2 Å². The Morgan fingerprint density at radius 2 is 1.88 bits per heavy atom. The van der Waals surface area contributed by atoms with Crippen LogP contribution in [0.25, 0.3) is 10.9 Å². The standard InChI is InChI=1S/C33H44N2O5/c1-7-35(8-2)15-16-38-26-18-20-17-22-21-11-9-10-12-23(21)34-27(22)31(20,6)30(5)13-14-32-25(33(26,30)37)19-24(36)28(39-32)29(3,4)40-32/h9-12,19-20,26,28,34,37H,7-8,13-18H2,1-6H3/t20-,26+,28?,30?,31-,32?,33+/m1/s1. The monoisotopic (exact) mass is 548 g/mol. The Labute approximate surface area is 237 Å². The van der Waals surface area contributed by atoms with Crippen molar-refractivity contribution in [3.8, 4) is 0 Å². The van der Waals surface area contributed by atoms with E-state index < -0.39 is 34.6 Å². The number of H-pyrrole nitrogens is 1. The van der Waals surface area contributed by atoms with E-state index >= 15 is 0 Å². The van der Waals surface area contributed by atoms with Gasteiger partial charge in [-0.2, -0.15) is 0 Å². The minimum Gasteiger partial charge on any atom is -0.382 e. The molecule has 0 amide bonds. The number of benzene rings is 1. The molecule has 3 aliphatic carbocycles. The SMILES string of the molecule is CCN(CC)CCO[C@H]1C[C@H]2Cc3c([nH]c4ccccc34)[C@]2(C)C2(C)CCC34OC(C(=O)C=C3[C@]12O)C(C)(C)O4. The largest absolute Gasteiger partial charge is 0.382 e. The molecule has 1 spiro atoms. The minimum absolute atomic E-state index is 0.127. The van der Waals surface area contributed by atoms with Crippen molar-refractivity contribution in [3.05, 3.63) is 47.2 Å². The van der Waals surface area contributed by atoms with E-state index in [0.717, 1.165) is 31.6 Å². The lowest BCUT2D eigenvalue weighted by molar-refractivity contribution is -0.280. The number of aromatic nitrogens is 1. The number of ether oxygens (including phenoxy) is 3. The zero-order valence-electron chi connectivity index (χ0n) is 24.8. The van der Waals surface area contributed by atoms with E-state index in [4.69, 9.17) is 14.2 Å². The Morgan fingerprint density at radius 1 is 1.12 bits per heavy atom. The van der Waals surface area contributed by atoms with Crippen molar-refractivity contribution in [1.82, 2.24) is 9.88 Å². The van der Waals surface area contributed by atoms with E-state index in [1.54, 1.807) is 6.08 Å². The van der Waals surface area contributed by atoms with Crippen molar-refractivity contribution in [1.29, 1.82) is 0 Å². The second-order valence-electron chi connectivity index (χ2n) is 13.8. The molecule has 3 fully saturated rings. The highest BCUT2D eigenvalue weighted by molar-refractivity contribution is 5.97. The van der Waals surface area contributed by atoms with E-state index in [2.05, 4.69) is 61.8 Å². The average Bonchev–Trinajstić information content (AvgIpc) is 3.51. The molecule has 7 rings (SSSR count). The van der Waals surface area contributed by atoms with Crippen LogP contribution in [-0.4, -0.2) is 76.2 Å². The van der Waals surface area contributed by atoms with Crippen molar-refractivity contribution in [2.75, 3.05) is 26.2 Å². The van der Waals surface area contributed by atoms with Gasteiger partial charge in [0.05, 0.1) is 12.7 Å². The van der Waals surface area contributed by atoms with Gasteiger partial charge in [0.2, 0.25) is 0 Å². The molecule has 216 valence electrons. The number of ketones is 1. The second-order valence-corrected chi connectivity index (χ2v) is 13.8. The van der Waals surface area contributed by atoms with Gasteiger partial charge >= 0.3 is 0 Å². The number of fused-ring (bicyclic) bond motifs is 9. The molecule has 3 unspecified atom stereocenters. The molecule has 7 nitrogen and oxygen atoms in total. The third kappa shape index (κ3) is 3.11. The summed E-state index contributed by atoms with van der Waals surface area (Å²) in [5, 5.41) is 14.6. The number of para-hydroxylation sites is 1. The highest BCUT2D eigenvalue weighted by atomic mass is 16.8. The van der Waals surface area contributed by atoms with Crippen LogP contribution in [0.15, 0.2) is 35.9 Å². The number of nitrogens with one attached hydrogen (secondary N) is 1. The Balaban J connectivity index is 1.38. The van der Waals surface area contributed by atoms with Crippen LogP contribution in [0.5, 0.6) is 0 Å². The number of aliphatic hydroxyl groups is 1. The Hall–Kier alpha value is -2.03. The van der Waals surface area contributed by atoms with Gasteiger partial charge in [-0.25, -0.2) is 0 Å². The van der Waals surface area contributed by atoms with E-state index in [-0.39, 0.29) is 11.2 Å². The maximum Gasteiger partial charge on any atom is 0.195 e. The van der Waals surface area contributed by atoms with Crippen LogP contribution >= 0.6 is 0 Å². The summed E-state index contributed by atoms with van der Waals surface area (Å²) in [5.41, 5.74) is 1.10. The summed E-state index contributed by atoms with van der Waals surface area (Å²) in [5.74, 6) is -0.939. The summed E-state index contributed by atoms with van der Waals surface area (Å²) in [4.78, 5) is 19.6. The summed E-state index contributed by atoms with van der Waals surface area (Å²) in [7, 11) is 0. The first-order valence-corrected chi connectivity index (χ1v) is 15.3. The molecule has 2 N–H and O–H groups in total. The number of carbonyl (C=O) groups excluding carboxylic acids is 1. The fourth-order valence-electron chi connectivity index (χ4n) is 9.45. The molecule has 1 saturated heterocycles. The van der Waals surface area contributed by atoms with Crippen molar-refractivity contribution in [2.45, 2.75) is 102 Å². The highest BCUT2D eigenvalue weighted by Gasteiger charge is 2.78. The summed E-state index contributed by atoms with van der Waals surface area (Å²) in [6, 6.07) is 8.53. The summed E-state index contributed by atoms with van der Waals surface area (Å²) in [6.07, 6.45) is 3.46. The van der Waals surface area contributed by atoms with E-state index in [0.29, 0.717) is 37.4 Å². The molecular weight excluding hydrogens is 504 g/mol. The fraction of sp³-hybridized carbons (Fsp3) is 0.667. The third-order valence-electron chi connectivity index (χ3n) is 11.9. The van der Waals surface area contributed by atoms with Crippen LogP contribution in [-0.2, 0) is 30.8 Å². The molecular formula is C33H44N2O5. The number of likely N-dealkylation sites (N-methyl/N-ethyl adjacent to an activating group) is 1. The molecule has 40 heavy (non-hydrogen) atoms.